The minimum atomic E-state index is -0.354. The third-order valence-electron chi connectivity index (χ3n) is 4.19. The van der Waals surface area contributed by atoms with Crippen LogP contribution in [0.4, 0.5) is 4.39 Å². The van der Waals surface area contributed by atoms with E-state index in [1.807, 2.05) is 6.07 Å². The number of benzene rings is 1. The molecule has 5 heteroatoms. The number of nitrogens with one attached hydrogen (secondary N) is 1. The number of nitrogens with zero attached hydrogens (tertiary/aromatic N) is 1. The number of hydrogen-bond acceptors (Lipinski definition) is 3. The molecule has 1 amide bonds. The van der Waals surface area contributed by atoms with Crippen molar-refractivity contribution in [3.63, 3.8) is 0 Å². The molecule has 1 aromatic rings. The molecule has 0 radical (unpaired) electrons. The fourth-order valence-corrected chi connectivity index (χ4v) is 2.88. The monoisotopic (exact) mass is 292 g/mol. The molecule has 2 aliphatic rings. The Bertz CT molecular complexity index is 531. The Kier molecular flexibility index (Phi) is 4.10. The van der Waals surface area contributed by atoms with Gasteiger partial charge in [-0.25, -0.2) is 4.39 Å². The van der Waals surface area contributed by atoms with Crippen molar-refractivity contribution in [3.8, 4) is 5.75 Å². The molecule has 0 bridgehead atoms. The normalized spacial score (nSPS) is 22.3. The SMILES string of the molecule is COc1ccc(CN2CCCC2C(=O)NC2CC2)cc1F. The van der Waals surface area contributed by atoms with Gasteiger partial charge in [-0.3, -0.25) is 9.69 Å². The minimum absolute atomic E-state index is 0.0734. The molecule has 1 aliphatic heterocycles. The number of carbonyl (C=O) groups excluding carboxylic acids is 1. The summed E-state index contributed by atoms with van der Waals surface area (Å²) in [4.78, 5) is 14.4. The zero-order valence-corrected chi connectivity index (χ0v) is 12.3. The van der Waals surface area contributed by atoms with E-state index in [-0.39, 0.29) is 23.5 Å². The van der Waals surface area contributed by atoms with E-state index in [0.29, 0.717) is 12.6 Å². The molecule has 1 unspecified atom stereocenters. The number of carbonyl (C=O) groups is 1. The van der Waals surface area contributed by atoms with E-state index in [2.05, 4.69) is 10.2 Å². The molecule has 0 aromatic heterocycles. The van der Waals surface area contributed by atoms with Crippen LogP contribution in [0.3, 0.4) is 0 Å². The van der Waals surface area contributed by atoms with E-state index in [0.717, 1.165) is 37.8 Å². The van der Waals surface area contributed by atoms with Crippen molar-refractivity contribution in [2.24, 2.45) is 0 Å². The van der Waals surface area contributed by atoms with Gasteiger partial charge in [-0.15, -0.1) is 0 Å². The van der Waals surface area contributed by atoms with Gasteiger partial charge in [0, 0.05) is 12.6 Å². The van der Waals surface area contributed by atoms with Crippen LogP contribution in [0, 0.1) is 5.82 Å². The zero-order chi connectivity index (χ0) is 14.8. The van der Waals surface area contributed by atoms with Crippen LogP contribution in [0.5, 0.6) is 5.75 Å². The zero-order valence-electron chi connectivity index (χ0n) is 12.3. The Hall–Kier alpha value is -1.62. The molecule has 1 N–H and O–H groups in total. The first-order valence-corrected chi connectivity index (χ1v) is 7.54. The Balaban J connectivity index is 1.65. The molecular weight excluding hydrogens is 271 g/mol. The maximum atomic E-state index is 13.7. The van der Waals surface area contributed by atoms with Crippen molar-refractivity contribution in [2.45, 2.75) is 44.3 Å². The number of halogens is 1. The summed E-state index contributed by atoms with van der Waals surface area (Å²) in [6.07, 6.45) is 4.10. The first-order valence-electron chi connectivity index (χ1n) is 7.54. The van der Waals surface area contributed by atoms with Gasteiger partial charge in [-0.1, -0.05) is 6.07 Å². The molecule has 1 saturated heterocycles. The smallest absolute Gasteiger partial charge is 0.237 e. The predicted octanol–water partition coefficient (Wildman–Crippen LogP) is 2.08. The van der Waals surface area contributed by atoms with Gasteiger partial charge < -0.3 is 10.1 Å². The van der Waals surface area contributed by atoms with Crippen molar-refractivity contribution in [2.75, 3.05) is 13.7 Å². The average Bonchev–Trinajstić information content (AvgIpc) is 3.15. The van der Waals surface area contributed by atoms with E-state index in [1.54, 1.807) is 6.07 Å². The van der Waals surface area contributed by atoms with Gasteiger partial charge in [0.2, 0.25) is 5.91 Å². The molecule has 1 aromatic carbocycles. The molecule has 1 aliphatic carbocycles. The van der Waals surface area contributed by atoms with E-state index in [9.17, 15) is 9.18 Å². The summed E-state index contributed by atoms with van der Waals surface area (Å²) < 4.78 is 18.7. The number of hydrogen-bond donors (Lipinski definition) is 1. The van der Waals surface area contributed by atoms with Crippen molar-refractivity contribution in [3.05, 3.63) is 29.6 Å². The molecule has 0 spiro atoms. The van der Waals surface area contributed by atoms with Crippen LogP contribution in [-0.4, -0.2) is 36.5 Å². The topological polar surface area (TPSA) is 41.6 Å². The summed E-state index contributed by atoms with van der Waals surface area (Å²) in [5.41, 5.74) is 0.874. The van der Waals surface area contributed by atoms with Crippen LogP contribution in [0.1, 0.15) is 31.2 Å². The number of amides is 1. The molecule has 21 heavy (non-hydrogen) atoms. The maximum Gasteiger partial charge on any atom is 0.237 e. The molecule has 1 heterocycles. The van der Waals surface area contributed by atoms with Gasteiger partial charge in [0.1, 0.15) is 0 Å². The highest BCUT2D eigenvalue weighted by Crippen LogP contribution is 2.25. The van der Waals surface area contributed by atoms with Crippen LogP contribution >= 0.6 is 0 Å². The lowest BCUT2D eigenvalue weighted by Gasteiger charge is -2.23. The fourth-order valence-electron chi connectivity index (χ4n) is 2.88. The molecule has 114 valence electrons. The first kappa shape index (κ1) is 14.3. The lowest BCUT2D eigenvalue weighted by atomic mass is 10.1. The van der Waals surface area contributed by atoms with Crippen LogP contribution in [-0.2, 0) is 11.3 Å². The molecule has 1 atom stereocenters. The first-order chi connectivity index (χ1) is 10.2. The van der Waals surface area contributed by atoms with E-state index >= 15 is 0 Å². The summed E-state index contributed by atoms with van der Waals surface area (Å²) in [6, 6.07) is 5.30. The number of ether oxygens (including phenoxy) is 1. The highest BCUT2D eigenvalue weighted by Gasteiger charge is 2.33. The third-order valence-corrected chi connectivity index (χ3v) is 4.19. The maximum absolute atomic E-state index is 13.7. The number of likely N-dealkylation sites (tertiary alicyclic amines) is 1. The number of methoxy groups -OCH3 is 1. The Labute approximate surface area is 124 Å². The second-order valence-corrected chi connectivity index (χ2v) is 5.88. The summed E-state index contributed by atoms with van der Waals surface area (Å²) in [6.45, 7) is 1.49. The van der Waals surface area contributed by atoms with Gasteiger partial charge >= 0.3 is 0 Å². The largest absolute Gasteiger partial charge is 0.494 e. The molecule has 4 nitrogen and oxygen atoms in total. The quantitative estimate of drug-likeness (QED) is 0.903. The lowest BCUT2D eigenvalue weighted by Crippen LogP contribution is -2.43. The number of rotatable bonds is 5. The Morgan fingerprint density at radius 3 is 2.90 bits per heavy atom. The highest BCUT2D eigenvalue weighted by atomic mass is 19.1. The Morgan fingerprint density at radius 2 is 2.24 bits per heavy atom. The standard InChI is InChI=1S/C16H21FN2O2/c1-21-15-7-4-11(9-13(15)17)10-19-8-2-3-14(19)16(20)18-12-5-6-12/h4,7,9,12,14H,2-3,5-6,8,10H2,1H3,(H,18,20). The van der Waals surface area contributed by atoms with Crippen LogP contribution in [0.25, 0.3) is 0 Å². The lowest BCUT2D eigenvalue weighted by molar-refractivity contribution is -0.125. The molecule has 1 saturated carbocycles. The van der Waals surface area contributed by atoms with Crippen molar-refractivity contribution in [1.82, 2.24) is 10.2 Å². The van der Waals surface area contributed by atoms with Gasteiger partial charge in [-0.05, 0) is 49.9 Å². The molecular formula is C16H21FN2O2. The van der Waals surface area contributed by atoms with Crippen LogP contribution < -0.4 is 10.1 Å². The van der Waals surface area contributed by atoms with E-state index in [1.165, 1.54) is 13.2 Å². The van der Waals surface area contributed by atoms with Crippen LogP contribution in [0.2, 0.25) is 0 Å². The third kappa shape index (κ3) is 3.35. The highest BCUT2D eigenvalue weighted by molar-refractivity contribution is 5.82. The summed E-state index contributed by atoms with van der Waals surface area (Å²) >= 11 is 0. The van der Waals surface area contributed by atoms with E-state index in [4.69, 9.17) is 4.74 Å². The molecule has 3 rings (SSSR count). The van der Waals surface area contributed by atoms with Crippen molar-refractivity contribution in [1.29, 1.82) is 0 Å². The van der Waals surface area contributed by atoms with Crippen molar-refractivity contribution >= 4 is 5.91 Å². The average molecular weight is 292 g/mol. The second-order valence-electron chi connectivity index (χ2n) is 5.88. The van der Waals surface area contributed by atoms with Crippen LogP contribution in [0.15, 0.2) is 18.2 Å². The van der Waals surface area contributed by atoms with Gasteiger partial charge in [0.15, 0.2) is 11.6 Å². The Morgan fingerprint density at radius 1 is 1.43 bits per heavy atom. The minimum Gasteiger partial charge on any atom is -0.494 e. The van der Waals surface area contributed by atoms with E-state index < -0.39 is 0 Å². The predicted molar refractivity (Wildman–Crippen MR) is 77.5 cm³/mol. The molecule has 2 fully saturated rings. The fraction of sp³-hybridized carbons (Fsp3) is 0.562. The van der Waals surface area contributed by atoms with Gasteiger partial charge in [0.25, 0.3) is 0 Å². The van der Waals surface area contributed by atoms with Gasteiger partial charge in [-0.2, -0.15) is 0 Å². The summed E-state index contributed by atoms with van der Waals surface area (Å²) in [5, 5.41) is 3.07. The van der Waals surface area contributed by atoms with Gasteiger partial charge in [0.05, 0.1) is 13.2 Å². The van der Waals surface area contributed by atoms with Crippen molar-refractivity contribution < 1.29 is 13.9 Å². The second kappa shape index (κ2) is 6.02. The summed E-state index contributed by atoms with van der Waals surface area (Å²) in [5.74, 6) is 0.0281. The summed E-state index contributed by atoms with van der Waals surface area (Å²) in [7, 11) is 1.46.